The minimum Gasteiger partial charge on any atom is -0.326 e. The van der Waals surface area contributed by atoms with Crippen LogP contribution >= 0.6 is 0 Å². The van der Waals surface area contributed by atoms with Crippen LogP contribution in [0.5, 0.6) is 0 Å². The number of sulfonamides is 1. The second-order valence-corrected chi connectivity index (χ2v) is 7.07. The van der Waals surface area contributed by atoms with E-state index in [0.29, 0.717) is 24.5 Å². The first kappa shape index (κ1) is 15.4. The van der Waals surface area contributed by atoms with E-state index in [1.165, 1.54) is 0 Å². The van der Waals surface area contributed by atoms with Crippen LogP contribution < -0.4 is 5.73 Å². The summed E-state index contributed by atoms with van der Waals surface area (Å²) in [6.45, 7) is 8.07. The summed E-state index contributed by atoms with van der Waals surface area (Å²) in [5.41, 5.74) is 7.58. The molecule has 112 valence electrons. The fourth-order valence-corrected chi connectivity index (χ4v) is 3.94. The van der Waals surface area contributed by atoms with Gasteiger partial charge < -0.3 is 10.6 Å². The Morgan fingerprint density at radius 2 is 1.85 bits per heavy atom. The number of hydrogen-bond acceptors (Lipinski definition) is 4. The van der Waals surface area contributed by atoms with Crippen LogP contribution in [0.1, 0.15) is 18.1 Å². The van der Waals surface area contributed by atoms with Gasteiger partial charge in [-0.1, -0.05) is 13.0 Å². The molecule has 1 aromatic carbocycles. The van der Waals surface area contributed by atoms with Gasteiger partial charge in [-0.3, -0.25) is 0 Å². The summed E-state index contributed by atoms with van der Waals surface area (Å²) in [6, 6.07) is 5.21. The Balaban J connectivity index is 2.22. The Kier molecular flexibility index (Phi) is 4.80. The molecule has 0 aromatic heterocycles. The molecule has 0 amide bonds. The number of piperazine rings is 1. The first-order valence-corrected chi connectivity index (χ1v) is 8.45. The fourth-order valence-electron chi connectivity index (χ4n) is 2.46. The average molecular weight is 297 g/mol. The van der Waals surface area contributed by atoms with Gasteiger partial charge in [-0.25, -0.2) is 8.42 Å². The Labute approximate surface area is 121 Å². The van der Waals surface area contributed by atoms with E-state index in [9.17, 15) is 8.42 Å². The van der Waals surface area contributed by atoms with Crippen molar-refractivity contribution < 1.29 is 8.42 Å². The zero-order valence-corrected chi connectivity index (χ0v) is 13.0. The molecule has 0 atom stereocenters. The third-order valence-corrected chi connectivity index (χ3v) is 5.85. The molecule has 2 N–H and O–H groups in total. The second kappa shape index (κ2) is 6.22. The van der Waals surface area contributed by atoms with E-state index in [1.54, 1.807) is 16.4 Å². The molecular formula is C14H23N3O2S. The van der Waals surface area contributed by atoms with Crippen molar-refractivity contribution >= 4 is 10.0 Å². The highest BCUT2D eigenvalue weighted by Gasteiger charge is 2.28. The van der Waals surface area contributed by atoms with Crippen LogP contribution in [0.2, 0.25) is 0 Å². The maximum atomic E-state index is 12.6. The number of aryl methyl sites for hydroxylation is 1. The lowest BCUT2D eigenvalue weighted by Crippen LogP contribution is -2.48. The molecule has 0 unspecified atom stereocenters. The Morgan fingerprint density at radius 3 is 2.40 bits per heavy atom. The first-order valence-electron chi connectivity index (χ1n) is 7.01. The molecule has 1 saturated heterocycles. The van der Waals surface area contributed by atoms with Gasteiger partial charge in [-0.2, -0.15) is 4.31 Å². The Morgan fingerprint density at radius 1 is 1.20 bits per heavy atom. The Hall–Kier alpha value is -0.950. The van der Waals surface area contributed by atoms with Crippen LogP contribution in [0, 0.1) is 6.92 Å². The van der Waals surface area contributed by atoms with Crippen LogP contribution in [0.15, 0.2) is 23.1 Å². The van der Waals surface area contributed by atoms with E-state index in [-0.39, 0.29) is 0 Å². The summed E-state index contributed by atoms with van der Waals surface area (Å²) in [5.74, 6) is 0. The summed E-state index contributed by atoms with van der Waals surface area (Å²) in [6.07, 6.45) is 0. The lowest BCUT2D eigenvalue weighted by Gasteiger charge is -2.33. The number of nitrogens with zero attached hydrogens (tertiary/aromatic N) is 2. The molecule has 20 heavy (non-hydrogen) atoms. The zero-order valence-electron chi connectivity index (χ0n) is 12.2. The van der Waals surface area contributed by atoms with E-state index >= 15 is 0 Å². The smallest absolute Gasteiger partial charge is 0.243 e. The maximum Gasteiger partial charge on any atom is 0.243 e. The molecule has 1 aromatic rings. The van der Waals surface area contributed by atoms with Gasteiger partial charge in [0.1, 0.15) is 0 Å². The molecule has 0 aliphatic carbocycles. The van der Waals surface area contributed by atoms with Crippen molar-refractivity contribution in [2.24, 2.45) is 5.73 Å². The first-order chi connectivity index (χ1) is 9.48. The van der Waals surface area contributed by atoms with Crippen LogP contribution in [0.25, 0.3) is 0 Å². The van der Waals surface area contributed by atoms with Gasteiger partial charge in [0.05, 0.1) is 4.90 Å². The van der Waals surface area contributed by atoms with E-state index < -0.39 is 10.0 Å². The standard InChI is InChI=1S/C14H23N3O2S/c1-3-16-6-8-17(9-7-16)20(18,19)14-5-4-12(2)13(10-14)11-15/h4-5,10H,3,6-9,11,15H2,1-2H3. The van der Waals surface area contributed by atoms with Crippen molar-refractivity contribution in [3.8, 4) is 0 Å². The molecule has 1 aliphatic rings. The SMILES string of the molecule is CCN1CCN(S(=O)(=O)c2ccc(C)c(CN)c2)CC1. The number of benzene rings is 1. The molecule has 1 heterocycles. The number of nitrogens with two attached hydrogens (primary N) is 1. The van der Waals surface area contributed by atoms with Gasteiger partial charge in [0.2, 0.25) is 10.0 Å². The van der Waals surface area contributed by atoms with Gasteiger partial charge in [0, 0.05) is 32.7 Å². The van der Waals surface area contributed by atoms with Gasteiger partial charge in [0.15, 0.2) is 0 Å². The van der Waals surface area contributed by atoms with Crippen molar-refractivity contribution in [3.05, 3.63) is 29.3 Å². The van der Waals surface area contributed by atoms with Crippen LogP contribution in [-0.2, 0) is 16.6 Å². The molecule has 0 spiro atoms. The van der Waals surface area contributed by atoms with Crippen molar-refractivity contribution in [2.45, 2.75) is 25.3 Å². The maximum absolute atomic E-state index is 12.6. The van der Waals surface area contributed by atoms with E-state index in [1.807, 2.05) is 13.0 Å². The number of rotatable bonds is 4. The summed E-state index contributed by atoms with van der Waals surface area (Å²) < 4.78 is 26.8. The van der Waals surface area contributed by atoms with Gasteiger partial charge in [-0.15, -0.1) is 0 Å². The minimum absolute atomic E-state index is 0.355. The average Bonchev–Trinajstić information content (AvgIpc) is 2.47. The fraction of sp³-hybridized carbons (Fsp3) is 0.571. The van der Waals surface area contributed by atoms with E-state index in [0.717, 1.165) is 30.8 Å². The lowest BCUT2D eigenvalue weighted by molar-refractivity contribution is 0.196. The molecular weight excluding hydrogens is 274 g/mol. The summed E-state index contributed by atoms with van der Waals surface area (Å²) >= 11 is 0. The van der Waals surface area contributed by atoms with Crippen LogP contribution in [0.3, 0.4) is 0 Å². The van der Waals surface area contributed by atoms with Crippen molar-refractivity contribution in [1.82, 2.24) is 9.21 Å². The minimum atomic E-state index is -3.39. The number of likely N-dealkylation sites (N-methyl/N-ethyl adjacent to an activating group) is 1. The van der Waals surface area contributed by atoms with Gasteiger partial charge >= 0.3 is 0 Å². The lowest BCUT2D eigenvalue weighted by atomic mass is 10.1. The van der Waals surface area contributed by atoms with E-state index in [2.05, 4.69) is 11.8 Å². The summed E-state index contributed by atoms with van der Waals surface area (Å²) in [5, 5.41) is 0. The monoisotopic (exact) mass is 297 g/mol. The molecule has 0 saturated carbocycles. The summed E-state index contributed by atoms with van der Waals surface area (Å²) in [7, 11) is -3.39. The molecule has 0 bridgehead atoms. The molecule has 2 rings (SSSR count). The largest absolute Gasteiger partial charge is 0.326 e. The molecule has 5 nitrogen and oxygen atoms in total. The zero-order chi connectivity index (χ0) is 14.8. The highest BCUT2D eigenvalue weighted by molar-refractivity contribution is 7.89. The van der Waals surface area contributed by atoms with Gasteiger partial charge in [-0.05, 0) is 36.7 Å². The van der Waals surface area contributed by atoms with Crippen LogP contribution in [0.4, 0.5) is 0 Å². The predicted molar refractivity (Wildman–Crippen MR) is 79.9 cm³/mol. The third kappa shape index (κ3) is 3.03. The van der Waals surface area contributed by atoms with Gasteiger partial charge in [0.25, 0.3) is 0 Å². The predicted octanol–water partition coefficient (Wildman–Crippen LogP) is 0.780. The molecule has 6 heteroatoms. The molecule has 1 fully saturated rings. The second-order valence-electron chi connectivity index (χ2n) is 5.13. The highest BCUT2D eigenvalue weighted by Crippen LogP contribution is 2.20. The van der Waals surface area contributed by atoms with Crippen molar-refractivity contribution in [3.63, 3.8) is 0 Å². The Bertz CT molecular complexity index is 564. The van der Waals surface area contributed by atoms with Crippen LogP contribution in [-0.4, -0.2) is 50.3 Å². The summed E-state index contributed by atoms with van der Waals surface area (Å²) in [4.78, 5) is 2.61. The van der Waals surface area contributed by atoms with Crippen molar-refractivity contribution in [1.29, 1.82) is 0 Å². The van der Waals surface area contributed by atoms with Crippen molar-refractivity contribution in [2.75, 3.05) is 32.7 Å². The topological polar surface area (TPSA) is 66.6 Å². The number of hydrogen-bond donors (Lipinski definition) is 1. The molecule has 1 aliphatic heterocycles. The quantitative estimate of drug-likeness (QED) is 0.892. The third-order valence-electron chi connectivity index (χ3n) is 3.96. The molecule has 0 radical (unpaired) electrons. The normalized spacial score (nSPS) is 18.4. The highest BCUT2D eigenvalue weighted by atomic mass is 32.2. The van der Waals surface area contributed by atoms with E-state index in [4.69, 9.17) is 5.73 Å².